The van der Waals surface area contributed by atoms with Gasteiger partial charge in [-0.15, -0.1) is 0 Å². The quantitative estimate of drug-likeness (QED) is 0.813. The number of aromatic nitrogens is 2. The molecule has 0 saturated carbocycles. The maximum absolute atomic E-state index is 13.1. The van der Waals surface area contributed by atoms with Crippen LogP contribution in [0.5, 0.6) is 0 Å². The molecule has 2 rings (SSSR count). The van der Waals surface area contributed by atoms with Crippen molar-refractivity contribution in [2.24, 2.45) is 0 Å². The van der Waals surface area contributed by atoms with Crippen molar-refractivity contribution in [2.75, 3.05) is 20.3 Å². The van der Waals surface area contributed by atoms with E-state index in [9.17, 15) is 9.18 Å². The molecular weight excluding hydrogens is 321 g/mol. The summed E-state index contributed by atoms with van der Waals surface area (Å²) in [7, 11) is 1.55. The molecule has 7 heteroatoms. The van der Waals surface area contributed by atoms with Crippen LogP contribution in [-0.4, -0.2) is 41.0 Å². The van der Waals surface area contributed by atoms with Gasteiger partial charge < -0.3 is 9.64 Å². The van der Waals surface area contributed by atoms with Crippen molar-refractivity contribution in [3.05, 3.63) is 58.4 Å². The van der Waals surface area contributed by atoms with Crippen LogP contribution in [0.25, 0.3) is 0 Å². The second-order valence-electron chi connectivity index (χ2n) is 5.00. The number of amides is 1. The zero-order chi connectivity index (χ0) is 16.8. The minimum Gasteiger partial charge on any atom is -0.383 e. The first kappa shape index (κ1) is 17.3. The first-order chi connectivity index (χ1) is 11.0. The molecule has 0 saturated heterocycles. The van der Waals surface area contributed by atoms with E-state index in [4.69, 9.17) is 16.3 Å². The molecule has 0 unspecified atom stereocenters. The third-order valence-electron chi connectivity index (χ3n) is 3.23. The zero-order valence-electron chi connectivity index (χ0n) is 12.9. The van der Waals surface area contributed by atoms with Crippen molar-refractivity contribution in [3.8, 4) is 0 Å². The molecule has 1 heterocycles. The molecule has 0 N–H and O–H groups in total. The Morgan fingerprint density at radius 1 is 1.35 bits per heavy atom. The van der Waals surface area contributed by atoms with E-state index >= 15 is 0 Å². The number of benzene rings is 1. The van der Waals surface area contributed by atoms with Crippen LogP contribution in [0.4, 0.5) is 4.39 Å². The SMILES string of the molecule is COCCN(Cc1ccc(F)cc1Cl)C(=O)c1cnc(C)cn1. The molecule has 1 aromatic heterocycles. The first-order valence-corrected chi connectivity index (χ1v) is 7.40. The maximum Gasteiger partial charge on any atom is 0.274 e. The number of hydrogen-bond acceptors (Lipinski definition) is 4. The van der Waals surface area contributed by atoms with Crippen LogP contribution in [0.1, 0.15) is 21.7 Å². The normalized spacial score (nSPS) is 10.6. The second kappa shape index (κ2) is 7.99. The van der Waals surface area contributed by atoms with Crippen LogP contribution in [0.2, 0.25) is 5.02 Å². The Hall–Kier alpha value is -2.05. The van der Waals surface area contributed by atoms with Gasteiger partial charge in [-0.2, -0.15) is 0 Å². The zero-order valence-corrected chi connectivity index (χ0v) is 13.7. The molecule has 2 aromatic rings. The molecule has 0 aliphatic heterocycles. The summed E-state index contributed by atoms with van der Waals surface area (Å²) in [4.78, 5) is 22.3. The lowest BCUT2D eigenvalue weighted by atomic mass is 10.2. The van der Waals surface area contributed by atoms with Gasteiger partial charge in [-0.25, -0.2) is 9.37 Å². The van der Waals surface area contributed by atoms with Gasteiger partial charge >= 0.3 is 0 Å². The number of nitrogens with zero attached hydrogens (tertiary/aromatic N) is 3. The van der Waals surface area contributed by atoms with Gasteiger partial charge in [0.25, 0.3) is 5.91 Å². The molecule has 0 aliphatic carbocycles. The van der Waals surface area contributed by atoms with E-state index in [1.807, 2.05) is 0 Å². The highest BCUT2D eigenvalue weighted by atomic mass is 35.5. The summed E-state index contributed by atoms with van der Waals surface area (Å²) >= 11 is 6.04. The fourth-order valence-corrected chi connectivity index (χ4v) is 2.20. The lowest BCUT2D eigenvalue weighted by molar-refractivity contribution is 0.0674. The smallest absolute Gasteiger partial charge is 0.274 e. The summed E-state index contributed by atoms with van der Waals surface area (Å²) < 4.78 is 18.2. The summed E-state index contributed by atoms with van der Waals surface area (Å²) in [6.45, 7) is 2.75. The van der Waals surface area contributed by atoms with Gasteiger partial charge in [-0.05, 0) is 24.6 Å². The molecular formula is C16H17ClFN3O2. The Kier molecular flexibility index (Phi) is 6.01. The van der Waals surface area contributed by atoms with Crippen molar-refractivity contribution in [1.82, 2.24) is 14.9 Å². The predicted octanol–water partition coefficient (Wildman–Crippen LogP) is 2.87. The number of halogens is 2. The van der Waals surface area contributed by atoms with Crippen molar-refractivity contribution >= 4 is 17.5 Å². The molecule has 0 bridgehead atoms. The van der Waals surface area contributed by atoms with Gasteiger partial charge in [0.1, 0.15) is 11.5 Å². The molecule has 0 fully saturated rings. The summed E-state index contributed by atoms with van der Waals surface area (Å²) in [6.07, 6.45) is 2.97. The number of carbonyl (C=O) groups excluding carboxylic acids is 1. The topological polar surface area (TPSA) is 55.3 Å². The minimum absolute atomic E-state index is 0.233. The summed E-state index contributed by atoms with van der Waals surface area (Å²) in [5.74, 6) is -0.701. The van der Waals surface area contributed by atoms with Crippen molar-refractivity contribution in [2.45, 2.75) is 13.5 Å². The predicted molar refractivity (Wildman–Crippen MR) is 84.8 cm³/mol. The summed E-state index contributed by atoms with van der Waals surface area (Å²) in [5, 5.41) is 0.273. The molecule has 0 atom stereocenters. The number of rotatable bonds is 6. The van der Waals surface area contributed by atoms with E-state index < -0.39 is 5.82 Å². The fraction of sp³-hybridized carbons (Fsp3) is 0.312. The fourth-order valence-electron chi connectivity index (χ4n) is 1.97. The molecule has 1 aromatic carbocycles. The molecule has 1 amide bonds. The van der Waals surface area contributed by atoms with Gasteiger partial charge in [0.15, 0.2) is 0 Å². The lowest BCUT2D eigenvalue weighted by Gasteiger charge is -2.22. The van der Waals surface area contributed by atoms with E-state index in [0.29, 0.717) is 18.7 Å². The number of methoxy groups -OCH3 is 1. The third kappa shape index (κ3) is 4.71. The van der Waals surface area contributed by atoms with Crippen LogP contribution in [0.15, 0.2) is 30.6 Å². The highest BCUT2D eigenvalue weighted by Crippen LogP contribution is 2.19. The van der Waals surface area contributed by atoms with Crippen molar-refractivity contribution < 1.29 is 13.9 Å². The van der Waals surface area contributed by atoms with Crippen molar-refractivity contribution in [3.63, 3.8) is 0 Å². The van der Waals surface area contributed by atoms with E-state index in [0.717, 1.165) is 5.69 Å². The van der Waals surface area contributed by atoms with Crippen LogP contribution >= 0.6 is 11.6 Å². The molecule has 0 spiro atoms. The summed E-state index contributed by atoms with van der Waals surface area (Å²) in [5.41, 5.74) is 1.62. The number of aryl methyl sites for hydroxylation is 1. The standard InChI is InChI=1S/C16H17ClFN3O2/c1-11-8-20-15(9-19-11)16(22)21(5-6-23-2)10-12-3-4-13(18)7-14(12)17/h3-4,7-9H,5-6,10H2,1-2H3. The number of ether oxygens (including phenoxy) is 1. The average Bonchev–Trinajstić information content (AvgIpc) is 2.53. The van der Waals surface area contributed by atoms with Crippen LogP contribution in [-0.2, 0) is 11.3 Å². The van der Waals surface area contributed by atoms with Gasteiger partial charge in [-0.3, -0.25) is 9.78 Å². The van der Waals surface area contributed by atoms with Crippen LogP contribution < -0.4 is 0 Å². The Balaban J connectivity index is 2.21. The molecule has 0 radical (unpaired) electrons. The number of carbonyl (C=O) groups is 1. The van der Waals surface area contributed by atoms with E-state index in [1.165, 1.54) is 24.5 Å². The van der Waals surface area contributed by atoms with Crippen molar-refractivity contribution in [1.29, 1.82) is 0 Å². The highest BCUT2D eigenvalue weighted by molar-refractivity contribution is 6.31. The Morgan fingerprint density at radius 3 is 2.74 bits per heavy atom. The Bertz CT molecular complexity index is 680. The maximum atomic E-state index is 13.1. The molecule has 23 heavy (non-hydrogen) atoms. The first-order valence-electron chi connectivity index (χ1n) is 7.02. The molecule has 122 valence electrons. The van der Waals surface area contributed by atoms with Crippen LogP contribution in [0, 0.1) is 12.7 Å². The average molecular weight is 338 g/mol. The van der Waals surface area contributed by atoms with E-state index in [1.54, 1.807) is 25.0 Å². The third-order valence-corrected chi connectivity index (χ3v) is 3.58. The summed E-state index contributed by atoms with van der Waals surface area (Å²) in [6, 6.07) is 4.10. The van der Waals surface area contributed by atoms with Gasteiger partial charge in [0.2, 0.25) is 0 Å². The van der Waals surface area contributed by atoms with Crippen LogP contribution in [0.3, 0.4) is 0 Å². The van der Waals surface area contributed by atoms with Gasteiger partial charge in [0, 0.05) is 31.4 Å². The Morgan fingerprint density at radius 2 is 2.13 bits per heavy atom. The molecule has 5 nitrogen and oxygen atoms in total. The lowest BCUT2D eigenvalue weighted by Crippen LogP contribution is -2.34. The largest absolute Gasteiger partial charge is 0.383 e. The van der Waals surface area contributed by atoms with E-state index in [2.05, 4.69) is 9.97 Å². The van der Waals surface area contributed by atoms with Gasteiger partial charge in [-0.1, -0.05) is 17.7 Å². The Labute approximate surface area is 139 Å². The second-order valence-corrected chi connectivity index (χ2v) is 5.41. The molecule has 0 aliphatic rings. The highest BCUT2D eigenvalue weighted by Gasteiger charge is 2.19. The van der Waals surface area contributed by atoms with E-state index in [-0.39, 0.29) is 23.2 Å². The minimum atomic E-state index is -0.419. The monoisotopic (exact) mass is 337 g/mol. The number of hydrogen-bond donors (Lipinski definition) is 0. The van der Waals surface area contributed by atoms with Gasteiger partial charge in [0.05, 0.1) is 18.5 Å².